The Labute approximate surface area is 115 Å². The fraction of sp³-hybridized carbons (Fsp3) is 0.182. The Morgan fingerprint density at radius 3 is 2.71 bits per heavy atom. The van der Waals surface area contributed by atoms with Gasteiger partial charge in [-0.2, -0.15) is 5.10 Å². The van der Waals surface area contributed by atoms with Crippen molar-refractivity contribution in [2.24, 2.45) is 0 Å². The summed E-state index contributed by atoms with van der Waals surface area (Å²) < 4.78 is 21.7. The van der Waals surface area contributed by atoms with Crippen LogP contribution in [-0.4, -0.2) is 16.4 Å². The van der Waals surface area contributed by atoms with Gasteiger partial charge < -0.3 is 4.74 Å². The molecule has 0 saturated heterocycles. The summed E-state index contributed by atoms with van der Waals surface area (Å²) in [7, 11) is 0. The largest absolute Gasteiger partial charge is 0.491 e. The fourth-order valence-electron chi connectivity index (χ4n) is 1.40. The molecule has 6 heteroatoms. The summed E-state index contributed by atoms with van der Waals surface area (Å²) in [5.74, 6) is -0.151. The molecule has 0 bridgehead atoms. The van der Waals surface area contributed by atoms with E-state index in [4.69, 9.17) is 4.74 Å². The Morgan fingerprint density at radius 1 is 1.35 bits per heavy atom. The van der Waals surface area contributed by atoms with Crippen LogP contribution in [0.3, 0.4) is 0 Å². The third-order valence-corrected chi connectivity index (χ3v) is 3.05. The van der Waals surface area contributed by atoms with E-state index in [1.54, 1.807) is 16.8 Å². The first kappa shape index (κ1) is 12.6. The zero-order valence-electron chi connectivity index (χ0n) is 8.95. The first-order valence-electron chi connectivity index (χ1n) is 4.95. The van der Waals surface area contributed by atoms with Crippen LogP contribution in [0.15, 0.2) is 33.5 Å². The fourth-order valence-corrected chi connectivity index (χ4v) is 2.59. The Bertz CT molecular complexity index is 542. The van der Waals surface area contributed by atoms with Gasteiger partial charge in [0.2, 0.25) is 0 Å². The van der Waals surface area contributed by atoms with Gasteiger partial charge in [-0.1, -0.05) is 0 Å². The minimum atomic E-state index is -0.377. The van der Waals surface area contributed by atoms with Crippen LogP contribution in [0.4, 0.5) is 4.39 Å². The molecule has 0 aliphatic heterocycles. The highest BCUT2D eigenvalue weighted by Gasteiger charge is 2.09. The lowest BCUT2D eigenvalue weighted by atomic mass is 10.3. The third kappa shape index (κ3) is 2.69. The maximum atomic E-state index is 13.4. The van der Waals surface area contributed by atoms with Gasteiger partial charge in [0.15, 0.2) is 11.6 Å². The predicted molar refractivity (Wildman–Crippen MR) is 70.1 cm³/mol. The third-order valence-electron chi connectivity index (χ3n) is 2.10. The molecule has 2 rings (SSSR count). The number of rotatable bonds is 3. The van der Waals surface area contributed by atoms with Crippen molar-refractivity contribution in [3.8, 4) is 11.4 Å². The lowest BCUT2D eigenvalue weighted by molar-refractivity contribution is 0.321. The van der Waals surface area contributed by atoms with Gasteiger partial charge in [-0.05, 0) is 50.9 Å². The Balaban J connectivity index is 2.46. The van der Waals surface area contributed by atoms with E-state index in [0.29, 0.717) is 11.2 Å². The summed E-state index contributed by atoms with van der Waals surface area (Å²) in [6, 6.07) is 6.43. The molecule has 0 fully saturated rings. The lowest BCUT2D eigenvalue weighted by Crippen LogP contribution is -2.00. The first-order chi connectivity index (χ1) is 8.11. The zero-order valence-corrected chi connectivity index (χ0v) is 12.1. The van der Waals surface area contributed by atoms with Crippen molar-refractivity contribution in [3.05, 3.63) is 39.3 Å². The molecule has 1 aromatic heterocycles. The van der Waals surface area contributed by atoms with Gasteiger partial charge in [0.1, 0.15) is 9.21 Å². The first-order valence-corrected chi connectivity index (χ1v) is 6.54. The molecule has 0 radical (unpaired) electrons. The normalized spacial score (nSPS) is 10.6. The van der Waals surface area contributed by atoms with Gasteiger partial charge in [-0.3, -0.25) is 0 Å². The second kappa shape index (κ2) is 5.18. The van der Waals surface area contributed by atoms with Crippen molar-refractivity contribution < 1.29 is 9.13 Å². The Kier molecular flexibility index (Phi) is 3.83. The molecule has 1 heterocycles. The number of halogens is 3. The van der Waals surface area contributed by atoms with Gasteiger partial charge in [-0.25, -0.2) is 9.07 Å². The second-order valence-electron chi connectivity index (χ2n) is 3.25. The Hall–Kier alpha value is -0.880. The van der Waals surface area contributed by atoms with Crippen LogP contribution < -0.4 is 4.74 Å². The Morgan fingerprint density at radius 2 is 2.12 bits per heavy atom. The van der Waals surface area contributed by atoms with Crippen molar-refractivity contribution in [1.82, 2.24) is 9.78 Å². The molecule has 90 valence electrons. The van der Waals surface area contributed by atoms with Gasteiger partial charge in [0.25, 0.3) is 0 Å². The van der Waals surface area contributed by atoms with Crippen LogP contribution in [-0.2, 0) is 0 Å². The average Bonchev–Trinajstić information content (AvgIpc) is 2.61. The van der Waals surface area contributed by atoms with Crippen molar-refractivity contribution >= 4 is 31.9 Å². The van der Waals surface area contributed by atoms with E-state index in [2.05, 4.69) is 37.0 Å². The van der Waals surface area contributed by atoms with Crippen molar-refractivity contribution in [1.29, 1.82) is 0 Å². The van der Waals surface area contributed by atoms with E-state index in [1.807, 2.05) is 13.0 Å². The summed E-state index contributed by atoms with van der Waals surface area (Å²) in [4.78, 5) is 0. The molecular weight excluding hydrogens is 355 g/mol. The molecule has 2 aromatic rings. The molecule has 17 heavy (non-hydrogen) atoms. The van der Waals surface area contributed by atoms with Crippen molar-refractivity contribution in [2.75, 3.05) is 6.61 Å². The van der Waals surface area contributed by atoms with Gasteiger partial charge in [0.05, 0.1) is 12.3 Å². The molecule has 0 aliphatic carbocycles. The monoisotopic (exact) mass is 362 g/mol. The maximum Gasteiger partial charge on any atom is 0.165 e. The summed E-state index contributed by atoms with van der Waals surface area (Å²) >= 11 is 6.65. The molecule has 0 spiro atoms. The maximum absolute atomic E-state index is 13.4. The average molecular weight is 364 g/mol. The van der Waals surface area contributed by atoms with Gasteiger partial charge in [0, 0.05) is 12.1 Å². The van der Waals surface area contributed by atoms with E-state index in [-0.39, 0.29) is 11.6 Å². The highest BCUT2D eigenvalue weighted by Crippen LogP contribution is 2.25. The summed E-state index contributed by atoms with van der Waals surface area (Å²) in [5.41, 5.74) is 0.729. The summed E-state index contributed by atoms with van der Waals surface area (Å²) in [5, 5.41) is 4.22. The molecule has 0 amide bonds. The van der Waals surface area contributed by atoms with E-state index < -0.39 is 0 Å². The highest BCUT2D eigenvalue weighted by molar-refractivity contribution is 9.11. The number of ether oxygens (including phenoxy) is 1. The molecule has 1 aromatic carbocycles. The van der Waals surface area contributed by atoms with E-state index in [0.717, 1.165) is 10.3 Å². The molecule has 0 N–H and O–H groups in total. The molecule has 0 atom stereocenters. The number of nitrogens with zero attached hydrogens (tertiary/aromatic N) is 2. The topological polar surface area (TPSA) is 27.1 Å². The molecular formula is C11H9Br2FN2O. The standard InChI is InChI=1S/C11H9Br2FN2O/c1-2-17-9-5-7(3-4-8(9)14)16-11(13)6-10(12)15-16/h3-6H,2H2,1H3. The quantitative estimate of drug-likeness (QED) is 0.825. The van der Waals surface area contributed by atoms with Gasteiger partial charge >= 0.3 is 0 Å². The van der Waals surface area contributed by atoms with Crippen LogP contribution in [0.25, 0.3) is 5.69 Å². The van der Waals surface area contributed by atoms with E-state index in [1.165, 1.54) is 6.07 Å². The van der Waals surface area contributed by atoms with E-state index >= 15 is 0 Å². The molecule has 0 unspecified atom stereocenters. The highest BCUT2D eigenvalue weighted by atomic mass is 79.9. The number of benzene rings is 1. The predicted octanol–water partition coefficient (Wildman–Crippen LogP) is 3.94. The summed E-state index contributed by atoms with van der Waals surface area (Å²) in [6.07, 6.45) is 0. The zero-order chi connectivity index (χ0) is 12.4. The molecule has 0 saturated carbocycles. The van der Waals surface area contributed by atoms with Crippen LogP contribution in [0.2, 0.25) is 0 Å². The minimum absolute atomic E-state index is 0.225. The number of aromatic nitrogens is 2. The molecule has 0 aliphatic rings. The molecule has 3 nitrogen and oxygen atoms in total. The SMILES string of the molecule is CCOc1cc(-n2nc(Br)cc2Br)ccc1F. The lowest BCUT2D eigenvalue weighted by Gasteiger charge is -2.08. The second-order valence-corrected chi connectivity index (χ2v) is 4.87. The van der Waals surface area contributed by atoms with Crippen molar-refractivity contribution in [2.45, 2.75) is 6.92 Å². The van der Waals surface area contributed by atoms with E-state index in [9.17, 15) is 4.39 Å². The summed E-state index contributed by atoms with van der Waals surface area (Å²) in [6.45, 7) is 2.23. The number of hydrogen-bond acceptors (Lipinski definition) is 2. The van der Waals surface area contributed by atoms with Crippen LogP contribution in [0.5, 0.6) is 5.75 Å². The van der Waals surface area contributed by atoms with Gasteiger partial charge in [-0.15, -0.1) is 0 Å². The van der Waals surface area contributed by atoms with Crippen molar-refractivity contribution in [3.63, 3.8) is 0 Å². The van der Waals surface area contributed by atoms with Crippen LogP contribution >= 0.6 is 31.9 Å². The smallest absolute Gasteiger partial charge is 0.165 e. The van der Waals surface area contributed by atoms with Crippen LogP contribution in [0, 0.1) is 5.82 Å². The minimum Gasteiger partial charge on any atom is -0.491 e. The van der Waals surface area contributed by atoms with Crippen LogP contribution in [0.1, 0.15) is 6.92 Å². The number of hydrogen-bond donors (Lipinski definition) is 0.